The molecule has 3 aromatic rings. The number of hydrogen-bond acceptors (Lipinski definition) is 4. The van der Waals surface area contributed by atoms with Crippen molar-refractivity contribution in [2.45, 2.75) is 13.5 Å². The molecule has 0 aliphatic rings. The van der Waals surface area contributed by atoms with E-state index in [9.17, 15) is 9.90 Å². The average molecular weight is 378 g/mol. The van der Waals surface area contributed by atoms with Crippen molar-refractivity contribution < 1.29 is 14.6 Å². The van der Waals surface area contributed by atoms with Gasteiger partial charge in [0.15, 0.2) is 5.69 Å². The summed E-state index contributed by atoms with van der Waals surface area (Å²) in [6.45, 7) is 1.74. The Hall–Kier alpha value is -2.57. The minimum Gasteiger partial charge on any atom is -0.477 e. The van der Waals surface area contributed by atoms with E-state index in [1.54, 1.807) is 49.5 Å². The summed E-state index contributed by atoms with van der Waals surface area (Å²) in [5.74, 6) is -0.804. The molecule has 0 saturated carbocycles. The second-order valence-corrected chi connectivity index (χ2v) is 6.07. The Balaban J connectivity index is 2.06. The van der Waals surface area contributed by atoms with Crippen molar-refractivity contribution in [2.75, 3.05) is 0 Å². The highest BCUT2D eigenvalue weighted by Gasteiger charge is 2.22. The first-order chi connectivity index (χ1) is 12.0. The maximum atomic E-state index is 11.7. The van der Waals surface area contributed by atoms with Gasteiger partial charge in [-0.1, -0.05) is 29.3 Å². The molecule has 128 valence electrons. The molecule has 0 radical (unpaired) electrons. The van der Waals surface area contributed by atoms with Gasteiger partial charge in [-0.3, -0.25) is 4.57 Å². The van der Waals surface area contributed by atoms with E-state index in [1.165, 1.54) is 4.57 Å². The number of carbonyl (C=O) groups is 1. The molecule has 8 heteroatoms. The number of benzene rings is 1. The lowest BCUT2D eigenvalue weighted by Gasteiger charge is -2.12. The van der Waals surface area contributed by atoms with E-state index in [0.717, 1.165) is 0 Å². The predicted octanol–water partition coefficient (Wildman–Crippen LogP) is 4.43. The molecular formula is C17H13Cl2N3O3. The van der Waals surface area contributed by atoms with Crippen LogP contribution in [0.15, 0.2) is 42.6 Å². The number of rotatable bonds is 5. The van der Waals surface area contributed by atoms with Crippen LogP contribution in [0.4, 0.5) is 0 Å². The van der Waals surface area contributed by atoms with Crippen molar-refractivity contribution in [1.82, 2.24) is 14.5 Å². The van der Waals surface area contributed by atoms with Gasteiger partial charge < -0.3 is 9.84 Å². The highest BCUT2D eigenvalue weighted by atomic mass is 35.5. The van der Waals surface area contributed by atoms with Gasteiger partial charge in [0.1, 0.15) is 0 Å². The fraction of sp³-hybridized carbons (Fsp3) is 0.118. The number of nitrogens with zero attached hydrogens (tertiary/aromatic N) is 3. The normalized spacial score (nSPS) is 10.7. The van der Waals surface area contributed by atoms with Crippen LogP contribution in [-0.2, 0) is 6.54 Å². The number of aromatic nitrogens is 3. The molecule has 0 bridgehead atoms. The van der Waals surface area contributed by atoms with Gasteiger partial charge in [0.05, 0.1) is 12.2 Å². The highest BCUT2D eigenvalue weighted by molar-refractivity contribution is 6.33. The lowest BCUT2D eigenvalue weighted by molar-refractivity contribution is 0.0683. The minimum absolute atomic E-state index is 0.0157. The van der Waals surface area contributed by atoms with Crippen LogP contribution in [0.5, 0.6) is 11.9 Å². The molecule has 0 aliphatic heterocycles. The van der Waals surface area contributed by atoms with E-state index in [1.807, 2.05) is 0 Å². The zero-order valence-corrected chi connectivity index (χ0v) is 14.6. The number of carboxylic acids is 1. The molecule has 25 heavy (non-hydrogen) atoms. The lowest BCUT2D eigenvalue weighted by Crippen LogP contribution is -2.12. The average Bonchev–Trinajstić information content (AvgIpc) is 2.87. The molecular weight excluding hydrogens is 365 g/mol. The molecule has 0 spiro atoms. The molecule has 0 unspecified atom stereocenters. The Bertz CT molecular complexity index is 926. The lowest BCUT2D eigenvalue weighted by atomic mass is 10.2. The summed E-state index contributed by atoms with van der Waals surface area (Å²) in [6.07, 6.45) is 1.57. The zero-order chi connectivity index (χ0) is 18.0. The number of halogens is 2. The summed E-state index contributed by atoms with van der Waals surface area (Å²) in [5, 5.41) is 10.5. The van der Waals surface area contributed by atoms with Crippen LogP contribution in [0, 0.1) is 6.92 Å². The number of carboxylic acid groups (broad SMARTS) is 1. The first-order valence-electron chi connectivity index (χ1n) is 7.29. The van der Waals surface area contributed by atoms with E-state index in [4.69, 9.17) is 27.9 Å². The first-order valence-corrected chi connectivity index (χ1v) is 8.04. The molecule has 0 atom stereocenters. The van der Waals surface area contributed by atoms with Gasteiger partial charge in [0.25, 0.3) is 0 Å². The van der Waals surface area contributed by atoms with E-state index < -0.39 is 5.97 Å². The van der Waals surface area contributed by atoms with E-state index in [-0.39, 0.29) is 18.2 Å². The Morgan fingerprint density at radius 1 is 1.28 bits per heavy atom. The fourth-order valence-corrected chi connectivity index (χ4v) is 2.75. The van der Waals surface area contributed by atoms with Gasteiger partial charge >= 0.3 is 12.0 Å². The zero-order valence-electron chi connectivity index (χ0n) is 13.1. The van der Waals surface area contributed by atoms with Crippen molar-refractivity contribution in [1.29, 1.82) is 0 Å². The molecule has 1 aromatic carbocycles. The van der Waals surface area contributed by atoms with E-state index in [2.05, 4.69) is 9.97 Å². The third kappa shape index (κ3) is 3.75. The van der Waals surface area contributed by atoms with Gasteiger partial charge in [0.2, 0.25) is 5.88 Å². The van der Waals surface area contributed by atoms with E-state index >= 15 is 0 Å². The Morgan fingerprint density at radius 2 is 2.08 bits per heavy atom. The Morgan fingerprint density at radius 3 is 2.76 bits per heavy atom. The molecule has 2 heterocycles. The highest BCUT2D eigenvalue weighted by Crippen LogP contribution is 2.27. The maximum absolute atomic E-state index is 11.7. The molecule has 6 nitrogen and oxygen atoms in total. The third-order valence-electron chi connectivity index (χ3n) is 3.48. The van der Waals surface area contributed by atoms with Crippen molar-refractivity contribution in [3.63, 3.8) is 0 Å². The Labute approximate surface area is 153 Å². The summed E-state index contributed by atoms with van der Waals surface area (Å²) in [5.41, 5.74) is 0.999. The first kappa shape index (κ1) is 17.3. The van der Waals surface area contributed by atoms with Crippen LogP contribution in [0.1, 0.15) is 21.7 Å². The van der Waals surface area contributed by atoms with Crippen LogP contribution >= 0.6 is 23.2 Å². The van der Waals surface area contributed by atoms with Crippen molar-refractivity contribution >= 4 is 29.2 Å². The van der Waals surface area contributed by atoms with Crippen molar-refractivity contribution in [3.8, 4) is 11.9 Å². The molecule has 0 fully saturated rings. The van der Waals surface area contributed by atoms with Gasteiger partial charge in [-0.25, -0.2) is 9.78 Å². The Kier molecular flexibility index (Phi) is 4.92. The SMILES string of the molecule is Cc1nc(Oc2ccccn2)n(Cc2cc(Cl)ccc2Cl)c1C(=O)O. The summed E-state index contributed by atoms with van der Waals surface area (Å²) < 4.78 is 7.10. The summed E-state index contributed by atoms with van der Waals surface area (Å²) >= 11 is 12.2. The quantitative estimate of drug-likeness (QED) is 0.711. The number of hydrogen-bond donors (Lipinski definition) is 1. The molecule has 2 aromatic heterocycles. The topological polar surface area (TPSA) is 77.2 Å². The molecule has 0 saturated heterocycles. The second kappa shape index (κ2) is 7.13. The van der Waals surface area contributed by atoms with Crippen LogP contribution in [0.3, 0.4) is 0 Å². The van der Waals surface area contributed by atoms with Gasteiger partial charge in [0, 0.05) is 22.3 Å². The minimum atomic E-state index is -1.11. The van der Waals surface area contributed by atoms with Crippen LogP contribution < -0.4 is 4.74 Å². The van der Waals surface area contributed by atoms with Gasteiger partial charge in [-0.2, -0.15) is 4.98 Å². The van der Waals surface area contributed by atoms with Crippen molar-refractivity contribution in [3.05, 3.63) is 69.6 Å². The number of imidazole rings is 1. The third-order valence-corrected chi connectivity index (χ3v) is 4.08. The summed E-state index contributed by atoms with van der Waals surface area (Å²) in [6, 6.07) is 10.3. The number of pyridine rings is 1. The molecule has 0 aliphatic carbocycles. The fourth-order valence-electron chi connectivity index (χ4n) is 2.38. The second-order valence-electron chi connectivity index (χ2n) is 5.23. The van der Waals surface area contributed by atoms with Gasteiger partial charge in [-0.15, -0.1) is 0 Å². The molecule has 1 N–H and O–H groups in total. The summed E-state index contributed by atoms with van der Waals surface area (Å²) in [7, 11) is 0. The number of ether oxygens (including phenoxy) is 1. The monoisotopic (exact) mass is 377 g/mol. The number of aryl methyl sites for hydroxylation is 1. The molecule has 0 amide bonds. The standard InChI is InChI=1S/C17H13Cl2N3O3/c1-10-15(16(23)24)22(9-11-8-12(18)5-6-13(11)19)17(21-10)25-14-4-2-3-7-20-14/h2-8H,9H2,1H3,(H,23,24). The van der Waals surface area contributed by atoms with Crippen LogP contribution in [-0.4, -0.2) is 25.6 Å². The molecule has 3 rings (SSSR count). The van der Waals surface area contributed by atoms with Crippen molar-refractivity contribution in [2.24, 2.45) is 0 Å². The number of aromatic carboxylic acids is 1. The van der Waals surface area contributed by atoms with E-state index in [0.29, 0.717) is 27.2 Å². The maximum Gasteiger partial charge on any atom is 0.354 e. The predicted molar refractivity (Wildman–Crippen MR) is 93.8 cm³/mol. The van der Waals surface area contributed by atoms with Crippen LogP contribution in [0.25, 0.3) is 0 Å². The largest absolute Gasteiger partial charge is 0.477 e. The van der Waals surface area contributed by atoms with Gasteiger partial charge in [-0.05, 0) is 36.8 Å². The summed E-state index contributed by atoms with van der Waals surface area (Å²) in [4.78, 5) is 19.9. The van der Waals surface area contributed by atoms with Crippen LogP contribution in [0.2, 0.25) is 10.0 Å². The smallest absolute Gasteiger partial charge is 0.354 e.